The molecule has 0 aliphatic heterocycles. The normalized spacial score (nSPS) is 10.8. The number of nitrogens with zero attached hydrogens (tertiary/aromatic N) is 1. The third-order valence-corrected chi connectivity index (χ3v) is 5.51. The van der Waals surface area contributed by atoms with Crippen LogP contribution in [0.15, 0.2) is 0 Å². The molecule has 28 heavy (non-hydrogen) atoms. The summed E-state index contributed by atoms with van der Waals surface area (Å²) in [5.41, 5.74) is 0. The zero-order valence-corrected chi connectivity index (χ0v) is 19.1. The van der Waals surface area contributed by atoms with E-state index in [4.69, 9.17) is 0 Å². The first-order valence-electron chi connectivity index (χ1n) is 11.9. The molecule has 0 aliphatic carbocycles. The van der Waals surface area contributed by atoms with Crippen LogP contribution in [0.3, 0.4) is 0 Å². The van der Waals surface area contributed by atoms with Gasteiger partial charge in [0.25, 0.3) is 0 Å². The SMILES string of the molecule is CCCCCCCCCCCCN(CCCCCCCCC(=O)OC)C(C)=O. The Balaban J connectivity index is 3.51. The number of esters is 1. The lowest BCUT2D eigenvalue weighted by Crippen LogP contribution is -2.30. The Morgan fingerprint density at radius 3 is 1.43 bits per heavy atom. The second kappa shape index (κ2) is 20.7. The monoisotopic (exact) mass is 397 g/mol. The van der Waals surface area contributed by atoms with Crippen LogP contribution in [-0.2, 0) is 14.3 Å². The van der Waals surface area contributed by atoms with E-state index < -0.39 is 0 Å². The van der Waals surface area contributed by atoms with Crippen molar-refractivity contribution in [2.24, 2.45) is 0 Å². The Kier molecular flexibility index (Phi) is 19.9. The fraction of sp³-hybridized carbons (Fsp3) is 0.917. The summed E-state index contributed by atoms with van der Waals surface area (Å²) in [6, 6.07) is 0. The minimum Gasteiger partial charge on any atom is -0.469 e. The topological polar surface area (TPSA) is 46.6 Å². The molecule has 4 nitrogen and oxygen atoms in total. The average Bonchev–Trinajstić information content (AvgIpc) is 2.69. The van der Waals surface area contributed by atoms with Crippen molar-refractivity contribution in [2.75, 3.05) is 20.2 Å². The van der Waals surface area contributed by atoms with Crippen LogP contribution in [0.25, 0.3) is 0 Å². The van der Waals surface area contributed by atoms with E-state index in [0.29, 0.717) is 6.42 Å². The van der Waals surface area contributed by atoms with Crippen LogP contribution < -0.4 is 0 Å². The summed E-state index contributed by atoms with van der Waals surface area (Å²) in [4.78, 5) is 24.9. The zero-order valence-electron chi connectivity index (χ0n) is 19.1. The zero-order chi connectivity index (χ0) is 20.9. The van der Waals surface area contributed by atoms with Gasteiger partial charge in [0.1, 0.15) is 0 Å². The highest BCUT2D eigenvalue weighted by Gasteiger charge is 2.07. The molecule has 0 fully saturated rings. The summed E-state index contributed by atoms with van der Waals surface area (Å²) < 4.78 is 4.65. The standard InChI is InChI=1S/C24H47NO3/c1-4-5-6-7-8-9-10-12-15-18-21-25(23(2)26)22-19-16-13-11-14-17-20-24(27)28-3/h4-22H2,1-3H3. The van der Waals surface area contributed by atoms with Crippen molar-refractivity contribution in [1.29, 1.82) is 0 Å². The van der Waals surface area contributed by atoms with E-state index in [1.165, 1.54) is 77.7 Å². The van der Waals surface area contributed by atoms with Gasteiger partial charge in [-0.05, 0) is 19.3 Å². The minimum atomic E-state index is -0.107. The van der Waals surface area contributed by atoms with Gasteiger partial charge in [0.2, 0.25) is 5.91 Å². The Morgan fingerprint density at radius 2 is 1.04 bits per heavy atom. The average molecular weight is 398 g/mol. The van der Waals surface area contributed by atoms with Gasteiger partial charge in [-0.25, -0.2) is 0 Å². The number of hydrogen-bond acceptors (Lipinski definition) is 3. The summed E-state index contributed by atoms with van der Waals surface area (Å²) in [7, 11) is 1.44. The van der Waals surface area contributed by atoms with E-state index in [9.17, 15) is 9.59 Å². The first kappa shape index (κ1) is 26.9. The molecule has 0 heterocycles. The second-order valence-corrected chi connectivity index (χ2v) is 8.14. The Labute approximate surface area is 174 Å². The number of unbranched alkanes of at least 4 members (excludes halogenated alkanes) is 14. The quantitative estimate of drug-likeness (QED) is 0.170. The molecule has 0 atom stereocenters. The molecule has 0 radical (unpaired) electrons. The van der Waals surface area contributed by atoms with Gasteiger partial charge in [0.05, 0.1) is 7.11 Å². The van der Waals surface area contributed by atoms with Crippen LogP contribution in [0.4, 0.5) is 0 Å². The highest BCUT2D eigenvalue weighted by Crippen LogP contribution is 2.12. The molecule has 166 valence electrons. The lowest BCUT2D eigenvalue weighted by atomic mass is 10.1. The maximum atomic E-state index is 11.8. The summed E-state index contributed by atoms with van der Waals surface area (Å²) in [6.07, 6.45) is 20.5. The molecule has 0 saturated heterocycles. The molecule has 0 saturated carbocycles. The first-order valence-corrected chi connectivity index (χ1v) is 11.9. The third-order valence-electron chi connectivity index (χ3n) is 5.51. The highest BCUT2D eigenvalue weighted by molar-refractivity contribution is 5.73. The molecule has 4 heteroatoms. The molecule has 0 aromatic rings. The molecule has 0 N–H and O–H groups in total. The number of carbonyl (C=O) groups excluding carboxylic acids is 2. The van der Waals surface area contributed by atoms with Gasteiger partial charge >= 0.3 is 5.97 Å². The first-order chi connectivity index (χ1) is 13.6. The van der Waals surface area contributed by atoms with Crippen molar-refractivity contribution < 1.29 is 14.3 Å². The molecule has 0 aromatic heterocycles. The van der Waals surface area contributed by atoms with Gasteiger partial charge in [-0.1, -0.05) is 90.4 Å². The number of hydrogen-bond donors (Lipinski definition) is 0. The van der Waals surface area contributed by atoms with E-state index in [1.807, 2.05) is 4.90 Å². The van der Waals surface area contributed by atoms with Crippen molar-refractivity contribution in [2.45, 2.75) is 123 Å². The van der Waals surface area contributed by atoms with Gasteiger partial charge in [0.15, 0.2) is 0 Å². The molecule has 0 aromatic carbocycles. The number of amides is 1. The molecular formula is C24H47NO3. The Bertz CT molecular complexity index is 371. The van der Waals surface area contributed by atoms with Crippen molar-refractivity contribution in [3.8, 4) is 0 Å². The lowest BCUT2D eigenvalue weighted by Gasteiger charge is -2.21. The molecule has 0 unspecified atom stereocenters. The van der Waals surface area contributed by atoms with E-state index in [-0.39, 0.29) is 11.9 Å². The minimum absolute atomic E-state index is 0.107. The molecule has 0 rings (SSSR count). The maximum Gasteiger partial charge on any atom is 0.305 e. The molecule has 0 spiro atoms. The fourth-order valence-corrected chi connectivity index (χ4v) is 3.60. The van der Waals surface area contributed by atoms with Crippen LogP contribution >= 0.6 is 0 Å². The number of rotatable bonds is 20. The highest BCUT2D eigenvalue weighted by atomic mass is 16.5. The largest absolute Gasteiger partial charge is 0.469 e. The summed E-state index contributed by atoms with van der Waals surface area (Å²) in [5.74, 6) is 0.109. The molecular weight excluding hydrogens is 350 g/mol. The van der Waals surface area contributed by atoms with Gasteiger partial charge in [-0.2, -0.15) is 0 Å². The van der Waals surface area contributed by atoms with E-state index >= 15 is 0 Å². The fourth-order valence-electron chi connectivity index (χ4n) is 3.60. The van der Waals surface area contributed by atoms with Gasteiger partial charge in [-0.15, -0.1) is 0 Å². The lowest BCUT2D eigenvalue weighted by molar-refractivity contribution is -0.140. The van der Waals surface area contributed by atoms with Gasteiger partial charge < -0.3 is 9.64 Å². The number of methoxy groups -OCH3 is 1. The van der Waals surface area contributed by atoms with E-state index in [1.54, 1.807) is 6.92 Å². The molecule has 0 aliphatic rings. The van der Waals surface area contributed by atoms with Gasteiger partial charge in [-0.3, -0.25) is 9.59 Å². The maximum absolute atomic E-state index is 11.8. The smallest absolute Gasteiger partial charge is 0.305 e. The van der Waals surface area contributed by atoms with Crippen molar-refractivity contribution in [3.05, 3.63) is 0 Å². The number of ether oxygens (including phenoxy) is 1. The van der Waals surface area contributed by atoms with Crippen LogP contribution in [0.5, 0.6) is 0 Å². The van der Waals surface area contributed by atoms with Crippen molar-refractivity contribution in [3.63, 3.8) is 0 Å². The van der Waals surface area contributed by atoms with Gasteiger partial charge in [0, 0.05) is 26.4 Å². The molecule has 1 amide bonds. The van der Waals surface area contributed by atoms with E-state index in [2.05, 4.69) is 11.7 Å². The Hall–Kier alpha value is -1.06. The predicted molar refractivity (Wildman–Crippen MR) is 118 cm³/mol. The summed E-state index contributed by atoms with van der Waals surface area (Å²) >= 11 is 0. The van der Waals surface area contributed by atoms with Crippen molar-refractivity contribution >= 4 is 11.9 Å². The summed E-state index contributed by atoms with van der Waals surface area (Å²) in [5, 5.41) is 0. The van der Waals surface area contributed by atoms with E-state index in [0.717, 1.165) is 45.2 Å². The van der Waals surface area contributed by atoms with Crippen LogP contribution in [0.1, 0.15) is 123 Å². The van der Waals surface area contributed by atoms with Crippen LogP contribution in [0.2, 0.25) is 0 Å². The number of carbonyl (C=O) groups is 2. The Morgan fingerprint density at radius 1 is 0.643 bits per heavy atom. The third kappa shape index (κ3) is 18.3. The van der Waals surface area contributed by atoms with Crippen molar-refractivity contribution in [1.82, 2.24) is 4.90 Å². The van der Waals surface area contributed by atoms with Crippen LogP contribution in [0, 0.1) is 0 Å². The molecule has 0 bridgehead atoms. The second-order valence-electron chi connectivity index (χ2n) is 8.14. The van der Waals surface area contributed by atoms with Crippen LogP contribution in [-0.4, -0.2) is 37.0 Å². The summed E-state index contributed by atoms with van der Waals surface area (Å²) in [6.45, 7) is 5.78. The predicted octanol–water partition coefficient (Wildman–Crippen LogP) is 6.66.